The van der Waals surface area contributed by atoms with E-state index < -0.39 is 11.7 Å². The summed E-state index contributed by atoms with van der Waals surface area (Å²) < 4.78 is 45.4. The molecule has 5 aromatic carbocycles. The Hall–Kier alpha value is -5.87. The highest BCUT2D eigenvalue weighted by atomic mass is 19.4. The summed E-state index contributed by atoms with van der Waals surface area (Å²) in [6.07, 6.45) is -1.02. The largest absolute Gasteiger partial charge is 0.416 e. The van der Waals surface area contributed by atoms with Gasteiger partial charge in [-0.3, -0.25) is 4.98 Å². The topological polar surface area (TPSA) is 46.5 Å². The molecular weight excluding hydrogens is 569 g/mol. The molecule has 0 saturated carbocycles. The summed E-state index contributed by atoms with van der Waals surface area (Å²) in [7, 11) is 0. The molecule has 0 N–H and O–H groups in total. The lowest BCUT2D eigenvalue weighted by Gasteiger charge is -2.19. The van der Waals surface area contributed by atoms with Gasteiger partial charge in [0.1, 0.15) is 6.07 Å². The van der Waals surface area contributed by atoms with Crippen LogP contribution in [0.1, 0.15) is 16.7 Å². The molecule has 0 fully saturated rings. The highest BCUT2D eigenvalue weighted by molar-refractivity contribution is 6.11. The molecule has 8 aromatic rings. The highest BCUT2D eigenvalue weighted by Gasteiger charge is 2.31. The molecule has 45 heavy (non-hydrogen) atoms. The van der Waals surface area contributed by atoms with E-state index in [0.717, 1.165) is 50.2 Å². The molecule has 0 unspecified atom stereocenters. The van der Waals surface area contributed by atoms with Gasteiger partial charge in [-0.1, -0.05) is 48.0 Å². The zero-order valence-corrected chi connectivity index (χ0v) is 24.0. The van der Waals surface area contributed by atoms with Crippen LogP contribution in [0, 0.1) is 18.3 Å². The van der Waals surface area contributed by atoms with E-state index in [2.05, 4.69) is 52.9 Å². The van der Waals surface area contributed by atoms with Gasteiger partial charge in [0.2, 0.25) is 0 Å². The van der Waals surface area contributed by atoms with Gasteiger partial charge in [-0.2, -0.15) is 18.4 Å². The Bertz CT molecular complexity index is 2500. The standard InChI is InChI=1S/C38H23F3N4/c1-23-10-12-34-30(18-23)27-6-2-5-9-33(27)45(34)37-19-25(22-42)36(21-29(37)24-14-16-43-17-15-24)44-32-8-4-3-7-28(32)31-20-26(38(39,40)41)11-13-35(31)44/h2-21H,1H3. The number of aryl methyl sites for hydroxylation is 1. The molecule has 0 spiro atoms. The number of hydrogen-bond donors (Lipinski definition) is 0. The van der Waals surface area contributed by atoms with Crippen molar-refractivity contribution < 1.29 is 13.2 Å². The maximum atomic E-state index is 13.8. The van der Waals surface area contributed by atoms with Crippen LogP contribution in [-0.2, 0) is 6.18 Å². The third kappa shape index (κ3) is 4.10. The summed E-state index contributed by atoms with van der Waals surface area (Å²) in [5, 5.41) is 14.0. The summed E-state index contributed by atoms with van der Waals surface area (Å²) in [5.74, 6) is 0. The van der Waals surface area contributed by atoms with Crippen LogP contribution in [0.2, 0.25) is 0 Å². The van der Waals surface area contributed by atoms with Gasteiger partial charge in [-0.05, 0) is 79.2 Å². The van der Waals surface area contributed by atoms with Crippen LogP contribution in [0.25, 0.3) is 66.1 Å². The Morgan fingerprint density at radius 3 is 1.84 bits per heavy atom. The predicted molar refractivity (Wildman–Crippen MR) is 173 cm³/mol. The first-order valence-corrected chi connectivity index (χ1v) is 14.4. The molecular formula is C38H23F3N4. The van der Waals surface area contributed by atoms with Crippen molar-refractivity contribution in [3.05, 3.63) is 138 Å². The van der Waals surface area contributed by atoms with Gasteiger partial charge in [-0.15, -0.1) is 0 Å². The number of fused-ring (bicyclic) bond motifs is 6. The number of para-hydroxylation sites is 2. The van der Waals surface area contributed by atoms with Crippen molar-refractivity contribution in [3.8, 4) is 28.6 Å². The summed E-state index contributed by atoms with van der Waals surface area (Å²) in [6, 6.07) is 35.8. The van der Waals surface area contributed by atoms with Crippen molar-refractivity contribution in [2.75, 3.05) is 0 Å². The fourth-order valence-corrected chi connectivity index (χ4v) is 6.55. The Kier molecular flexibility index (Phi) is 5.84. The fraction of sp³-hybridized carbons (Fsp3) is 0.0526. The average molecular weight is 593 g/mol. The van der Waals surface area contributed by atoms with Crippen molar-refractivity contribution in [2.24, 2.45) is 0 Å². The SMILES string of the molecule is Cc1ccc2c(c1)c1ccccc1n2-c1cc(C#N)c(-n2c3ccccc3c3cc(C(F)(F)F)ccc32)cc1-c1ccncc1. The van der Waals surface area contributed by atoms with E-state index in [1.165, 1.54) is 12.1 Å². The minimum Gasteiger partial charge on any atom is -0.309 e. The normalized spacial score (nSPS) is 12.0. The molecule has 216 valence electrons. The minimum absolute atomic E-state index is 0.392. The maximum Gasteiger partial charge on any atom is 0.416 e. The lowest BCUT2D eigenvalue weighted by Crippen LogP contribution is -2.05. The second-order valence-corrected chi connectivity index (χ2v) is 11.2. The summed E-state index contributed by atoms with van der Waals surface area (Å²) in [6.45, 7) is 2.07. The highest BCUT2D eigenvalue weighted by Crippen LogP contribution is 2.41. The molecule has 0 radical (unpaired) electrons. The number of alkyl halides is 3. The van der Waals surface area contributed by atoms with Gasteiger partial charge < -0.3 is 9.13 Å². The smallest absolute Gasteiger partial charge is 0.309 e. The fourth-order valence-electron chi connectivity index (χ4n) is 6.55. The molecule has 0 saturated heterocycles. The van der Waals surface area contributed by atoms with E-state index in [9.17, 15) is 18.4 Å². The quantitative estimate of drug-likeness (QED) is 0.205. The van der Waals surface area contributed by atoms with Crippen molar-refractivity contribution >= 4 is 43.6 Å². The van der Waals surface area contributed by atoms with E-state index in [1.54, 1.807) is 12.4 Å². The maximum absolute atomic E-state index is 13.8. The third-order valence-corrected chi connectivity index (χ3v) is 8.54. The third-order valence-electron chi connectivity index (χ3n) is 8.54. The second-order valence-electron chi connectivity index (χ2n) is 11.2. The summed E-state index contributed by atoms with van der Waals surface area (Å²) in [5.41, 5.74) is 7.27. The van der Waals surface area contributed by atoms with Gasteiger partial charge in [0.25, 0.3) is 0 Å². The van der Waals surface area contributed by atoms with E-state index >= 15 is 0 Å². The lowest BCUT2D eigenvalue weighted by molar-refractivity contribution is -0.137. The number of aromatic nitrogens is 3. The first-order valence-electron chi connectivity index (χ1n) is 14.4. The molecule has 0 aliphatic carbocycles. The van der Waals surface area contributed by atoms with Crippen LogP contribution >= 0.6 is 0 Å². The van der Waals surface area contributed by atoms with Gasteiger partial charge in [0.15, 0.2) is 0 Å². The molecule has 0 bridgehead atoms. The molecule has 0 amide bonds. The van der Waals surface area contributed by atoms with Gasteiger partial charge >= 0.3 is 6.18 Å². The van der Waals surface area contributed by atoms with E-state index in [-0.39, 0.29) is 0 Å². The van der Waals surface area contributed by atoms with Crippen LogP contribution in [0.4, 0.5) is 13.2 Å². The molecule has 3 heterocycles. The number of pyridine rings is 1. The predicted octanol–water partition coefficient (Wildman–Crippen LogP) is 10.1. The van der Waals surface area contributed by atoms with E-state index in [4.69, 9.17) is 0 Å². The summed E-state index contributed by atoms with van der Waals surface area (Å²) >= 11 is 0. The van der Waals surface area contributed by atoms with Crippen molar-refractivity contribution in [1.82, 2.24) is 14.1 Å². The lowest BCUT2D eigenvalue weighted by atomic mass is 10.00. The average Bonchev–Trinajstić information content (AvgIpc) is 3.56. The monoisotopic (exact) mass is 592 g/mol. The van der Waals surface area contributed by atoms with Gasteiger partial charge in [0.05, 0.1) is 44.6 Å². The number of halogens is 3. The Balaban J connectivity index is 1.50. The van der Waals surface area contributed by atoms with Crippen molar-refractivity contribution in [3.63, 3.8) is 0 Å². The zero-order valence-electron chi connectivity index (χ0n) is 24.0. The molecule has 7 heteroatoms. The number of nitriles is 1. The Labute approximate surface area is 255 Å². The number of rotatable bonds is 3. The second kappa shape index (κ2) is 9.83. The van der Waals surface area contributed by atoms with Crippen LogP contribution in [-0.4, -0.2) is 14.1 Å². The van der Waals surface area contributed by atoms with Crippen molar-refractivity contribution in [1.29, 1.82) is 5.26 Å². The zero-order chi connectivity index (χ0) is 30.9. The van der Waals surface area contributed by atoms with Crippen LogP contribution in [0.15, 0.2) is 122 Å². The first kappa shape index (κ1) is 26.7. The Morgan fingerprint density at radius 2 is 1.20 bits per heavy atom. The van der Waals surface area contributed by atoms with Crippen LogP contribution in [0.3, 0.4) is 0 Å². The van der Waals surface area contributed by atoms with E-state index in [1.807, 2.05) is 65.2 Å². The molecule has 0 atom stereocenters. The van der Waals surface area contributed by atoms with Gasteiger partial charge in [0, 0.05) is 39.5 Å². The minimum atomic E-state index is -4.48. The van der Waals surface area contributed by atoms with E-state index in [0.29, 0.717) is 33.1 Å². The molecule has 3 aromatic heterocycles. The Morgan fingerprint density at radius 1 is 0.622 bits per heavy atom. The molecule has 4 nitrogen and oxygen atoms in total. The van der Waals surface area contributed by atoms with Crippen molar-refractivity contribution in [2.45, 2.75) is 13.1 Å². The van der Waals surface area contributed by atoms with Crippen LogP contribution in [0.5, 0.6) is 0 Å². The number of hydrogen-bond acceptors (Lipinski definition) is 2. The summed E-state index contributed by atoms with van der Waals surface area (Å²) in [4.78, 5) is 4.23. The first-order chi connectivity index (χ1) is 21.8. The van der Waals surface area contributed by atoms with Crippen LogP contribution < -0.4 is 0 Å². The molecule has 0 aliphatic heterocycles. The molecule has 0 aliphatic rings. The molecule has 8 rings (SSSR count). The van der Waals surface area contributed by atoms with Gasteiger partial charge in [-0.25, -0.2) is 0 Å². The number of benzene rings is 5. The number of nitrogens with zero attached hydrogens (tertiary/aromatic N) is 4.